The molecule has 0 bridgehead atoms. The first-order chi connectivity index (χ1) is 10.1. The van der Waals surface area contributed by atoms with E-state index >= 15 is 0 Å². The van der Waals surface area contributed by atoms with Crippen LogP contribution in [0.1, 0.15) is 18.1 Å². The first kappa shape index (κ1) is 18.8. The zero-order valence-corrected chi connectivity index (χ0v) is 16.1. The number of aryl methyl sites for hydroxylation is 1. The summed E-state index contributed by atoms with van der Waals surface area (Å²) in [6.07, 6.45) is 0.980. The van der Waals surface area contributed by atoms with Crippen LogP contribution >= 0.6 is 39.9 Å². The third-order valence-corrected chi connectivity index (χ3v) is 3.69. The molecule has 2 aromatic carbocycles. The van der Waals surface area contributed by atoms with Gasteiger partial charge in [0.2, 0.25) is 0 Å². The predicted molar refractivity (Wildman–Crippen MR) is 106 cm³/mol. The van der Waals surface area contributed by atoms with E-state index in [0.717, 1.165) is 17.7 Å². The lowest BCUT2D eigenvalue weighted by molar-refractivity contribution is 0.471. The van der Waals surface area contributed by atoms with E-state index < -0.39 is 0 Å². The fraction of sp³-hybridized carbons (Fsp3) is 0.188. The number of benzene rings is 2. The highest BCUT2D eigenvalue weighted by Gasteiger charge is 2.00. The Balaban J connectivity index is 0.00000242. The number of anilines is 1. The van der Waals surface area contributed by atoms with Gasteiger partial charge in [0.25, 0.3) is 0 Å². The average molecular weight is 476 g/mol. The zero-order chi connectivity index (χ0) is 15.2. The van der Waals surface area contributed by atoms with Crippen molar-refractivity contribution in [3.63, 3.8) is 0 Å². The van der Waals surface area contributed by atoms with Gasteiger partial charge in [-0.2, -0.15) is 0 Å². The van der Waals surface area contributed by atoms with E-state index in [1.54, 1.807) is 6.07 Å². The van der Waals surface area contributed by atoms with Crippen molar-refractivity contribution in [1.82, 2.24) is 0 Å². The molecule has 4 N–H and O–H groups in total. The molecule has 0 aromatic heterocycles. The number of aliphatic imine (C=N–C) groups is 1. The zero-order valence-electron chi connectivity index (χ0n) is 12.2. The molecule has 22 heavy (non-hydrogen) atoms. The number of nitrogens with two attached hydrogens (primary N) is 1. The topological polar surface area (TPSA) is 70.6 Å². The Labute approximate surface area is 156 Å². The highest BCUT2D eigenvalue weighted by molar-refractivity contribution is 14.0. The molecule has 0 unspecified atom stereocenters. The number of nitrogens with zero attached hydrogens (tertiary/aromatic N) is 1. The lowest BCUT2D eigenvalue weighted by atomic mass is 10.1. The second-order valence-electron chi connectivity index (χ2n) is 4.67. The van der Waals surface area contributed by atoms with Crippen LogP contribution in [0.15, 0.2) is 51.9 Å². The molecule has 0 saturated heterocycles. The van der Waals surface area contributed by atoms with Crippen LogP contribution in [0.3, 0.4) is 0 Å². The van der Waals surface area contributed by atoms with Gasteiger partial charge in [-0.1, -0.05) is 25.1 Å². The van der Waals surface area contributed by atoms with Gasteiger partial charge in [-0.05, 0) is 57.7 Å². The largest absolute Gasteiger partial charge is 0.507 e. The number of nitrogens with one attached hydrogen (secondary N) is 1. The normalized spacial score (nSPS) is 10.9. The summed E-state index contributed by atoms with van der Waals surface area (Å²) in [5, 5.41) is 12.5. The van der Waals surface area contributed by atoms with Crippen molar-refractivity contribution in [2.75, 3.05) is 5.32 Å². The second kappa shape index (κ2) is 8.99. The first-order valence-electron chi connectivity index (χ1n) is 6.71. The summed E-state index contributed by atoms with van der Waals surface area (Å²) < 4.78 is 0.650. The van der Waals surface area contributed by atoms with Crippen LogP contribution in [0.25, 0.3) is 0 Å². The summed E-state index contributed by atoms with van der Waals surface area (Å²) in [6.45, 7) is 2.56. The highest BCUT2D eigenvalue weighted by atomic mass is 127. The van der Waals surface area contributed by atoms with Crippen molar-refractivity contribution in [2.24, 2.45) is 10.7 Å². The molecule has 0 aliphatic heterocycles. The molecular weight excluding hydrogens is 457 g/mol. The van der Waals surface area contributed by atoms with Crippen LogP contribution in [0.2, 0.25) is 0 Å². The van der Waals surface area contributed by atoms with Gasteiger partial charge in [0.05, 0.1) is 11.0 Å². The van der Waals surface area contributed by atoms with Gasteiger partial charge < -0.3 is 16.2 Å². The van der Waals surface area contributed by atoms with Crippen LogP contribution < -0.4 is 11.1 Å². The number of phenols is 1. The Bertz CT molecular complexity index is 662. The van der Waals surface area contributed by atoms with Crippen LogP contribution in [0.4, 0.5) is 5.69 Å². The molecule has 2 aromatic rings. The molecule has 2 rings (SSSR count). The Morgan fingerprint density at radius 1 is 1.23 bits per heavy atom. The standard InChI is InChI=1S/C16H18BrN3O.HI/c1-2-11-4-3-5-13(8-11)20-16(18)19-10-12-6-7-15(21)14(17)9-12;/h3-9,21H,2,10H2,1H3,(H3,18,19,20);1H. The van der Waals surface area contributed by atoms with Crippen molar-refractivity contribution in [1.29, 1.82) is 0 Å². The Morgan fingerprint density at radius 2 is 2.00 bits per heavy atom. The van der Waals surface area contributed by atoms with Crippen molar-refractivity contribution < 1.29 is 5.11 Å². The van der Waals surface area contributed by atoms with E-state index in [4.69, 9.17) is 5.73 Å². The third kappa shape index (κ3) is 5.49. The molecule has 118 valence electrons. The van der Waals surface area contributed by atoms with E-state index in [1.165, 1.54) is 5.56 Å². The van der Waals surface area contributed by atoms with Gasteiger partial charge >= 0.3 is 0 Å². The van der Waals surface area contributed by atoms with Gasteiger partial charge in [-0.25, -0.2) is 4.99 Å². The van der Waals surface area contributed by atoms with Crippen LogP contribution in [-0.2, 0) is 13.0 Å². The minimum Gasteiger partial charge on any atom is -0.507 e. The molecular formula is C16H19BrIN3O. The summed E-state index contributed by atoms with van der Waals surface area (Å²) >= 11 is 3.28. The maximum absolute atomic E-state index is 9.45. The number of guanidine groups is 1. The summed E-state index contributed by atoms with van der Waals surface area (Å²) in [5.74, 6) is 0.581. The quantitative estimate of drug-likeness (QED) is 0.351. The maximum atomic E-state index is 9.45. The molecule has 0 spiro atoms. The van der Waals surface area contributed by atoms with Crippen molar-refractivity contribution in [3.05, 3.63) is 58.1 Å². The van der Waals surface area contributed by atoms with E-state index in [-0.39, 0.29) is 29.7 Å². The van der Waals surface area contributed by atoms with Gasteiger partial charge in [-0.15, -0.1) is 24.0 Å². The average Bonchev–Trinajstić information content (AvgIpc) is 2.48. The number of aromatic hydroxyl groups is 1. The number of hydrogen-bond acceptors (Lipinski definition) is 2. The molecule has 6 heteroatoms. The van der Waals surface area contributed by atoms with Gasteiger partial charge in [-0.3, -0.25) is 0 Å². The molecule has 4 nitrogen and oxygen atoms in total. The molecule has 0 radical (unpaired) electrons. The third-order valence-electron chi connectivity index (χ3n) is 3.05. The Morgan fingerprint density at radius 3 is 2.68 bits per heavy atom. The molecule has 0 fully saturated rings. The number of halogens is 2. The second-order valence-corrected chi connectivity index (χ2v) is 5.52. The minimum atomic E-state index is 0. The smallest absolute Gasteiger partial charge is 0.193 e. The van der Waals surface area contributed by atoms with Crippen molar-refractivity contribution >= 4 is 51.6 Å². The number of rotatable bonds is 4. The van der Waals surface area contributed by atoms with Crippen LogP contribution in [0, 0.1) is 0 Å². The predicted octanol–water partition coefficient (Wildman–Crippen LogP) is 4.26. The first-order valence-corrected chi connectivity index (χ1v) is 7.51. The van der Waals surface area contributed by atoms with E-state index in [2.05, 4.69) is 45.3 Å². The minimum absolute atomic E-state index is 0. The van der Waals surface area contributed by atoms with Gasteiger partial charge in [0.15, 0.2) is 5.96 Å². The van der Waals surface area contributed by atoms with Gasteiger partial charge in [0.1, 0.15) is 5.75 Å². The van der Waals surface area contributed by atoms with Gasteiger partial charge in [0, 0.05) is 5.69 Å². The van der Waals surface area contributed by atoms with Crippen molar-refractivity contribution in [3.8, 4) is 5.75 Å². The fourth-order valence-electron chi connectivity index (χ4n) is 1.88. The highest BCUT2D eigenvalue weighted by Crippen LogP contribution is 2.24. The summed E-state index contributed by atoms with van der Waals surface area (Å²) in [6, 6.07) is 13.3. The monoisotopic (exact) mass is 475 g/mol. The molecule has 0 heterocycles. The van der Waals surface area contributed by atoms with E-state index in [0.29, 0.717) is 17.0 Å². The fourth-order valence-corrected chi connectivity index (χ4v) is 2.31. The van der Waals surface area contributed by atoms with Crippen LogP contribution in [-0.4, -0.2) is 11.1 Å². The Hall–Kier alpha value is -1.28. The Kier molecular flexibility index (Phi) is 7.67. The van der Waals surface area contributed by atoms with E-state index in [1.807, 2.05) is 24.3 Å². The summed E-state index contributed by atoms with van der Waals surface area (Å²) in [4.78, 5) is 4.30. The lowest BCUT2D eigenvalue weighted by Crippen LogP contribution is -2.22. The molecule has 0 atom stereocenters. The summed E-state index contributed by atoms with van der Waals surface area (Å²) in [7, 11) is 0. The van der Waals surface area contributed by atoms with Crippen LogP contribution in [0.5, 0.6) is 5.75 Å². The molecule has 0 amide bonds. The molecule has 0 aliphatic carbocycles. The lowest BCUT2D eigenvalue weighted by Gasteiger charge is -2.07. The number of hydrogen-bond donors (Lipinski definition) is 3. The molecule has 0 aliphatic rings. The number of phenolic OH excluding ortho intramolecular Hbond substituents is 1. The maximum Gasteiger partial charge on any atom is 0.193 e. The summed E-state index contributed by atoms with van der Waals surface area (Å²) in [5.41, 5.74) is 9.03. The van der Waals surface area contributed by atoms with E-state index in [9.17, 15) is 5.11 Å². The van der Waals surface area contributed by atoms with Crippen molar-refractivity contribution in [2.45, 2.75) is 19.9 Å². The SMILES string of the molecule is CCc1cccc(NC(N)=NCc2ccc(O)c(Br)c2)c1.I. The molecule has 0 saturated carbocycles.